The van der Waals surface area contributed by atoms with Gasteiger partial charge in [-0.2, -0.15) is 0 Å². The molecule has 2 saturated heterocycles. The molecule has 0 amide bonds. The lowest BCUT2D eigenvalue weighted by molar-refractivity contribution is -0.384. The lowest BCUT2D eigenvalue weighted by Crippen LogP contribution is -2.45. The summed E-state index contributed by atoms with van der Waals surface area (Å²) in [5.74, 6) is 0. The highest BCUT2D eigenvalue weighted by Crippen LogP contribution is 2.18. The van der Waals surface area contributed by atoms with Crippen molar-refractivity contribution in [2.24, 2.45) is 0 Å². The van der Waals surface area contributed by atoms with E-state index in [9.17, 15) is 19.7 Å². The van der Waals surface area contributed by atoms with Crippen molar-refractivity contribution in [2.45, 2.75) is 32.4 Å². The van der Waals surface area contributed by atoms with Crippen molar-refractivity contribution in [2.75, 3.05) is 52.5 Å². The zero-order valence-electron chi connectivity index (χ0n) is 17.7. The number of ether oxygens (including phenoxy) is 1. The van der Waals surface area contributed by atoms with Crippen molar-refractivity contribution < 1.29 is 9.66 Å². The van der Waals surface area contributed by atoms with Crippen LogP contribution in [0.5, 0.6) is 0 Å². The van der Waals surface area contributed by atoms with E-state index in [1.807, 2.05) is 0 Å². The maximum absolute atomic E-state index is 13.3. The third kappa shape index (κ3) is 4.86. The molecule has 2 fully saturated rings. The van der Waals surface area contributed by atoms with Gasteiger partial charge in [-0.05, 0) is 32.0 Å². The van der Waals surface area contributed by atoms with Gasteiger partial charge < -0.3 is 9.64 Å². The minimum absolute atomic E-state index is 0.148. The average Bonchev–Trinajstić information content (AvgIpc) is 2.80. The third-order valence-electron chi connectivity index (χ3n) is 6.25. The second kappa shape index (κ2) is 9.71. The fraction of sp³-hybridized carbons (Fsp3) is 0.619. The number of benzene rings is 1. The topological polar surface area (TPSA) is 103 Å². The second-order valence-electron chi connectivity index (χ2n) is 8.21. The van der Waals surface area contributed by atoms with Crippen LogP contribution in [0.25, 0.3) is 10.9 Å². The normalized spacial score (nSPS) is 18.5. The van der Waals surface area contributed by atoms with Crippen molar-refractivity contribution in [1.29, 1.82) is 0 Å². The molecule has 1 aromatic carbocycles. The fourth-order valence-electron chi connectivity index (χ4n) is 4.43. The highest BCUT2D eigenvalue weighted by molar-refractivity contribution is 5.80. The van der Waals surface area contributed by atoms with Crippen molar-refractivity contribution in [1.82, 2.24) is 18.9 Å². The molecule has 0 unspecified atom stereocenters. The van der Waals surface area contributed by atoms with E-state index in [1.165, 1.54) is 29.2 Å². The Hall–Kier alpha value is -2.56. The van der Waals surface area contributed by atoms with Gasteiger partial charge in [0.25, 0.3) is 11.2 Å². The van der Waals surface area contributed by atoms with Crippen LogP contribution >= 0.6 is 0 Å². The monoisotopic (exact) mass is 431 g/mol. The van der Waals surface area contributed by atoms with Gasteiger partial charge in [-0.15, -0.1) is 0 Å². The van der Waals surface area contributed by atoms with E-state index in [4.69, 9.17) is 4.74 Å². The van der Waals surface area contributed by atoms with Gasteiger partial charge in [0.05, 0.1) is 29.0 Å². The van der Waals surface area contributed by atoms with Gasteiger partial charge in [-0.3, -0.25) is 28.9 Å². The van der Waals surface area contributed by atoms with E-state index in [-0.39, 0.29) is 23.3 Å². The molecule has 1 aromatic heterocycles. The van der Waals surface area contributed by atoms with Crippen LogP contribution in [0.3, 0.4) is 0 Å². The zero-order valence-corrected chi connectivity index (χ0v) is 17.7. The predicted molar refractivity (Wildman–Crippen MR) is 117 cm³/mol. The number of morpholine rings is 1. The summed E-state index contributed by atoms with van der Waals surface area (Å²) in [5, 5.41) is 11.5. The molecule has 2 aromatic rings. The van der Waals surface area contributed by atoms with Crippen molar-refractivity contribution in [3.63, 3.8) is 0 Å². The Kier molecular flexibility index (Phi) is 6.79. The molecule has 4 rings (SSSR count). The lowest BCUT2D eigenvalue weighted by Gasteiger charge is -2.27. The molecule has 0 bridgehead atoms. The maximum atomic E-state index is 13.3. The largest absolute Gasteiger partial charge is 0.379 e. The van der Waals surface area contributed by atoms with Crippen LogP contribution in [-0.2, 0) is 17.8 Å². The van der Waals surface area contributed by atoms with E-state index < -0.39 is 10.5 Å². The van der Waals surface area contributed by atoms with Gasteiger partial charge in [-0.1, -0.05) is 6.42 Å². The smallest absolute Gasteiger partial charge is 0.331 e. The van der Waals surface area contributed by atoms with Crippen LogP contribution < -0.4 is 11.2 Å². The Balaban J connectivity index is 1.69. The Morgan fingerprint density at radius 1 is 0.871 bits per heavy atom. The quantitative estimate of drug-likeness (QED) is 0.474. The molecule has 2 aliphatic rings. The highest BCUT2D eigenvalue weighted by atomic mass is 16.6. The number of hydrogen-bond donors (Lipinski definition) is 0. The molecule has 0 atom stereocenters. The molecule has 10 heteroatoms. The fourth-order valence-corrected chi connectivity index (χ4v) is 4.43. The van der Waals surface area contributed by atoms with E-state index in [1.54, 1.807) is 4.57 Å². The summed E-state index contributed by atoms with van der Waals surface area (Å²) in [4.78, 5) is 41.7. The third-order valence-corrected chi connectivity index (χ3v) is 6.25. The predicted octanol–water partition coefficient (Wildman–Crippen LogP) is 0.890. The average molecular weight is 431 g/mol. The first kappa shape index (κ1) is 21.7. The number of hydrogen-bond acceptors (Lipinski definition) is 7. The standard InChI is InChI=1S/C21H29N5O5/c27-20-18-16-17(26(29)30)4-5-19(18)24(10-8-22-6-2-1-3-7-22)21(28)25(20)11-9-23-12-14-31-15-13-23/h4-5,16H,1-3,6-15H2. The molecule has 2 aliphatic heterocycles. The first-order chi connectivity index (χ1) is 15.0. The van der Waals surface area contributed by atoms with Gasteiger partial charge in [0.2, 0.25) is 0 Å². The first-order valence-corrected chi connectivity index (χ1v) is 11.0. The van der Waals surface area contributed by atoms with Gasteiger partial charge in [0, 0.05) is 51.4 Å². The van der Waals surface area contributed by atoms with Crippen molar-refractivity contribution >= 4 is 16.6 Å². The number of likely N-dealkylation sites (tertiary alicyclic amines) is 1. The molecular formula is C21H29N5O5. The van der Waals surface area contributed by atoms with Gasteiger partial charge in [-0.25, -0.2) is 4.79 Å². The zero-order chi connectivity index (χ0) is 21.8. The van der Waals surface area contributed by atoms with Crippen LogP contribution in [0, 0.1) is 10.1 Å². The van der Waals surface area contributed by atoms with E-state index in [0.29, 0.717) is 38.4 Å². The molecule has 168 valence electrons. The van der Waals surface area contributed by atoms with E-state index in [0.717, 1.165) is 39.0 Å². The summed E-state index contributed by atoms with van der Waals surface area (Å²) in [6.45, 7) is 6.79. The summed E-state index contributed by atoms with van der Waals surface area (Å²) >= 11 is 0. The number of nitro groups is 1. The number of piperidine rings is 1. The minimum Gasteiger partial charge on any atom is -0.379 e. The maximum Gasteiger partial charge on any atom is 0.331 e. The highest BCUT2D eigenvalue weighted by Gasteiger charge is 2.19. The molecule has 0 aliphatic carbocycles. The number of aromatic nitrogens is 2. The van der Waals surface area contributed by atoms with Crippen LogP contribution in [-0.4, -0.2) is 76.3 Å². The van der Waals surface area contributed by atoms with Gasteiger partial charge >= 0.3 is 5.69 Å². The van der Waals surface area contributed by atoms with Gasteiger partial charge in [0.15, 0.2) is 0 Å². The Bertz CT molecular complexity index is 1050. The number of nitro benzene ring substituents is 1. The Labute approximate surface area is 179 Å². The van der Waals surface area contributed by atoms with Crippen LogP contribution in [0.4, 0.5) is 5.69 Å². The molecule has 3 heterocycles. The summed E-state index contributed by atoms with van der Waals surface area (Å²) in [7, 11) is 0. The SMILES string of the molecule is O=c1c2cc([N+](=O)[O-])ccc2n(CCN2CCCCC2)c(=O)n1CCN1CCOCC1. The van der Waals surface area contributed by atoms with Crippen LogP contribution in [0.15, 0.2) is 27.8 Å². The van der Waals surface area contributed by atoms with Crippen LogP contribution in [0.2, 0.25) is 0 Å². The Morgan fingerprint density at radius 2 is 1.52 bits per heavy atom. The number of nitrogens with zero attached hydrogens (tertiary/aromatic N) is 5. The molecular weight excluding hydrogens is 402 g/mol. The van der Waals surface area contributed by atoms with Crippen molar-refractivity contribution in [3.8, 4) is 0 Å². The molecule has 0 saturated carbocycles. The number of rotatable bonds is 7. The Morgan fingerprint density at radius 3 is 2.19 bits per heavy atom. The van der Waals surface area contributed by atoms with E-state index in [2.05, 4.69) is 9.80 Å². The lowest BCUT2D eigenvalue weighted by atomic mass is 10.1. The molecule has 31 heavy (non-hydrogen) atoms. The summed E-state index contributed by atoms with van der Waals surface area (Å²) < 4.78 is 8.20. The minimum atomic E-state index is -0.514. The molecule has 10 nitrogen and oxygen atoms in total. The first-order valence-electron chi connectivity index (χ1n) is 11.0. The summed E-state index contributed by atoms with van der Waals surface area (Å²) in [6.07, 6.45) is 3.54. The van der Waals surface area contributed by atoms with Crippen molar-refractivity contribution in [3.05, 3.63) is 49.2 Å². The molecule has 0 spiro atoms. The number of non-ortho nitro benzene ring substituents is 1. The molecule has 0 N–H and O–H groups in total. The summed E-state index contributed by atoms with van der Waals surface area (Å²) in [6, 6.07) is 4.18. The number of fused-ring (bicyclic) bond motifs is 1. The second-order valence-corrected chi connectivity index (χ2v) is 8.21. The van der Waals surface area contributed by atoms with Gasteiger partial charge in [0.1, 0.15) is 0 Å². The summed E-state index contributed by atoms with van der Waals surface area (Å²) in [5.41, 5.74) is -0.506. The van der Waals surface area contributed by atoms with Crippen LogP contribution in [0.1, 0.15) is 19.3 Å². The van der Waals surface area contributed by atoms with E-state index >= 15 is 0 Å². The molecule has 0 radical (unpaired) electrons.